The molecule has 0 spiro atoms. The lowest BCUT2D eigenvalue weighted by molar-refractivity contribution is -0.117. The Hall–Kier alpha value is -1.32. The molecule has 1 aliphatic rings. The van der Waals surface area contributed by atoms with Gasteiger partial charge in [0.2, 0.25) is 0 Å². The summed E-state index contributed by atoms with van der Waals surface area (Å²) < 4.78 is 0. The smallest absolute Gasteiger partial charge is 0.259 e. The maximum atomic E-state index is 12.1. The lowest BCUT2D eigenvalue weighted by Crippen LogP contribution is -2.35. The van der Waals surface area contributed by atoms with Crippen molar-refractivity contribution in [3.63, 3.8) is 0 Å². The highest BCUT2D eigenvalue weighted by molar-refractivity contribution is 6.27. The number of hydrogen-bond acceptors (Lipinski definition) is 3. The van der Waals surface area contributed by atoms with Gasteiger partial charge in [-0.3, -0.25) is 9.59 Å². The zero-order valence-corrected chi connectivity index (χ0v) is 10.9. The van der Waals surface area contributed by atoms with E-state index in [-0.39, 0.29) is 29.0 Å². The minimum absolute atomic E-state index is 0.0374. The number of allylic oxidation sites excluding steroid dienone is 1. The van der Waals surface area contributed by atoms with E-state index in [4.69, 9.17) is 0 Å². The molecule has 4 nitrogen and oxygen atoms in total. The summed E-state index contributed by atoms with van der Waals surface area (Å²) in [6.07, 6.45) is 1.51. The van der Waals surface area contributed by atoms with Crippen molar-refractivity contribution in [2.24, 2.45) is 11.8 Å². The predicted molar refractivity (Wildman–Crippen MR) is 65.5 cm³/mol. The highest BCUT2D eigenvalue weighted by Gasteiger charge is 2.41. The van der Waals surface area contributed by atoms with Gasteiger partial charge in [-0.1, -0.05) is 34.1 Å². The van der Waals surface area contributed by atoms with Crippen LogP contribution in [0.5, 0.6) is 0 Å². The number of hydrogen-bond donors (Lipinski definition) is 2. The van der Waals surface area contributed by atoms with Crippen LogP contribution in [0.4, 0.5) is 0 Å². The molecule has 1 rings (SSSR count). The van der Waals surface area contributed by atoms with Crippen LogP contribution in [-0.4, -0.2) is 22.8 Å². The molecule has 3 atom stereocenters. The molecule has 1 fully saturated rings. The van der Waals surface area contributed by atoms with E-state index in [2.05, 4.69) is 5.32 Å². The molecule has 1 saturated heterocycles. The summed E-state index contributed by atoms with van der Waals surface area (Å²) >= 11 is 0. The van der Waals surface area contributed by atoms with Crippen LogP contribution in [0.3, 0.4) is 0 Å². The van der Waals surface area contributed by atoms with Gasteiger partial charge in [0.25, 0.3) is 5.91 Å². The standard InChI is InChI=1S/C13H21NO3/c1-5-7(3)10-12(16)9(13(17)14-10)11(15)8(4)6-2/h7-8,10,15H,5-6H2,1-4H3,(H,14,17)/b11-9-/t7-,8-,10+/m1/s1. The second kappa shape index (κ2) is 5.34. The minimum atomic E-state index is -0.478. The van der Waals surface area contributed by atoms with Crippen LogP contribution in [0.1, 0.15) is 40.5 Å². The van der Waals surface area contributed by atoms with Crippen molar-refractivity contribution in [2.75, 3.05) is 0 Å². The molecule has 0 aromatic carbocycles. The lowest BCUT2D eigenvalue weighted by Gasteiger charge is -2.14. The molecule has 96 valence electrons. The van der Waals surface area contributed by atoms with Crippen LogP contribution in [0.25, 0.3) is 0 Å². The maximum Gasteiger partial charge on any atom is 0.259 e. The molecule has 4 heteroatoms. The summed E-state index contributed by atoms with van der Waals surface area (Å²) in [6.45, 7) is 7.61. The number of aliphatic hydroxyl groups is 1. The Morgan fingerprint density at radius 3 is 2.35 bits per heavy atom. The van der Waals surface area contributed by atoms with Crippen molar-refractivity contribution >= 4 is 11.7 Å². The zero-order chi connectivity index (χ0) is 13.2. The average Bonchev–Trinajstić information content (AvgIpc) is 2.62. The van der Waals surface area contributed by atoms with Gasteiger partial charge in [0.05, 0.1) is 6.04 Å². The Morgan fingerprint density at radius 2 is 1.88 bits per heavy atom. The Kier molecular flexibility index (Phi) is 4.32. The fourth-order valence-electron chi connectivity index (χ4n) is 1.87. The van der Waals surface area contributed by atoms with Crippen LogP contribution >= 0.6 is 0 Å². The van der Waals surface area contributed by atoms with Crippen LogP contribution in [0, 0.1) is 11.8 Å². The van der Waals surface area contributed by atoms with Gasteiger partial charge in [-0.25, -0.2) is 0 Å². The quantitative estimate of drug-likeness (QED) is 0.447. The topological polar surface area (TPSA) is 66.4 Å². The Bertz CT molecular complexity index is 360. The van der Waals surface area contributed by atoms with E-state index in [1.54, 1.807) is 6.92 Å². The lowest BCUT2D eigenvalue weighted by atomic mass is 9.93. The molecule has 0 aromatic rings. The number of nitrogens with one attached hydrogen (secondary N) is 1. The molecule has 0 bridgehead atoms. The van der Waals surface area contributed by atoms with Gasteiger partial charge in [-0.05, 0) is 12.3 Å². The molecule has 0 aliphatic carbocycles. The van der Waals surface area contributed by atoms with E-state index >= 15 is 0 Å². The number of carbonyl (C=O) groups excluding carboxylic acids is 2. The second-order valence-electron chi connectivity index (χ2n) is 4.77. The summed E-state index contributed by atoms with van der Waals surface area (Å²) in [7, 11) is 0. The van der Waals surface area contributed by atoms with Crippen LogP contribution in [-0.2, 0) is 9.59 Å². The summed E-state index contributed by atoms with van der Waals surface area (Å²) in [4.78, 5) is 23.8. The third-order valence-electron chi connectivity index (χ3n) is 3.59. The van der Waals surface area contributed by atoms with E-state index in [0.29, 0.717) is 6.42 Å². The van der Waals surface area contributed by atoms with E-state index < -0.39 is 11.9 Å². The Balaban J connectivity index is 3.04. The van der Waals surface area contributed by atoms with Crippen LogP contribution in [0.15, 0.2) is 11.3 Å². The van der Waals surface area contributed by atoms with Crippen LogP contribution < -0.4 is 5.32 Å². The van der Waals surface area contributed by atoms with Crippen molar-refractivity contribution in [1.82, 2.24) is 5.32 Å². The first kappa shape index (κ1) is 13.7. The second-order valence-corrected chi connectivity index (χ2v) is 4.77. The Morgan fingerprint density at radius 1 is 1.29 bits per heavy atom. The number of carbonyl (C=O) groups is 2. The number of ketones is 1. The molecule has 0 saturated carbocycles. The summed E-state index contributed by atoms with van der Waals surface area (Å²) in [5, 5.41) is 12.6. The highest BCUT2D eigenvalue weighted by Crippen LogP contribution is 2.24. The molecule has 1 heterocycles. The van der Waals surface area contributed by atoms with Crippen molar-refractivity contribution in [3.8, 4) is 0 Å². The first-order valence-corrected chi connectivity index (χ1v) is 6.22. The summed E-state index contributed by atoms with van der Waals surface area (Å²) in [6, 6.07) is -0.478. The van der Waals surface area contributed by atoms with Gasteiger partial charge in [0.15, 0.2) is 5.78 Å². The SMILES string of the molecule is CC[C@@H](C)/C(O)=C1/C(=O)N[C@@H]([C@H](C)CC)C1=O. The fraction of sp³-hybridized carbons (Fsp3) is 0.692. The van der Waals surface area contributed by atoms with Gasteiger partial charge >= 0.3 is 0 Å². The maximum absolute atomic E-state index is 12.1. The molecule has 0 aromatic heterocycles. The van der Waals surface area contributed by atoms with Gasteiger partial charge in [0.1, 0.15) is 11.3 Å². The molecule has 17 heavy (non-hydrogen) atoms. The van der Waals surface area contributed by atoms with Gasteiger partial charge < -0.3 is 10.4 Å². The monoisotopic (exact) mass is 239 g/mol. The summed E-state index contributed by atoms with van der Waals surface area (Å²) in [5.74, 6) is -0.829. The van der Waals surface area contributed by atoms with E-state index in [0.717, 1.165) is 6.42 Å². The van der Waals surface area contributed by atoms with Crippen molar-refractivity contribution < 1.29 is 14.7 Å². The minimum Gasteiger partial charge on any atom is -0.511 e. The molecule has 0 unspecified atom stereocenters. The van der Waals surface area contributed by atoms with Crippen molar-refractivity contribution in [3.05, 3.63) is 11.3 Å². The Labute approximate surface area is 102 Å². The molecule has 1 amide bonds. The van der Waals surface area contributed by atoms with E-state index in [1.165, 1.54) is 0 Å². The van der Waals surface area contributed by atoms with E-state index in [9.17, 15) is 14.7 Å². The number of amides is 1. The average molecular weight is 239 g/mol. The third kappa shape index (κ3) is 2.51. The first-order chi connectivity index (χ1) is 7.93. The van der Waals surface area contributed by atoms with Crippen molar-refractivity contribution in [2.45, 2.75) is 46.6 Å². The third-order valence-corrected chi connectivity index (χ3v) is 3.59. The number of rotatable bonds is 4. The van der Waals surface area contributed by atoms with E-state index in [1.807, 2.05) is 20.8 Å². The molecular formula is C13H21NO3. The zero-order valence-electron chi connectivity index (χ0n) is 10.9. The van der Waals surface area contributed by atoms with Gasteiger partial charge in [0, 0.05) is 5.92 Å². The van der Waals surface area contributed by atoms with Crippen molar-refractivity contribution in [1.29, 1.82) is 0 Å². The molecule has 1 aliphatic heterocycles. The summed E-state index contributed by atoms with van der Waals surface area (Å²) in [5.41, 5.74) is -0.0374. The molecule has 0 radical (unpaired) electrons. The fourth-order valence-corrected chi connectivity index (χ4v) is 1.87. The largest absolute Gasteiger partial charge is 0.511 e. The van der Waals surface area contributed by atoms with Gasteiger partial charge in [-0.2, -0.15) is 0 Å². The van der Waals surface area contributed by atoms with Gasteiger partial charge in [-0.15, -0.1) is 0 Å². The highest BCUT2D eigenvalue weighted by atomic mass is 16.3. The number of aliphatic hydroxyl groups excluding tert-OH is 1. The number of Topliss-reactive ketones (excluding diaryl/α,β-unsaturated/α-hetero) is 1. The molecular weight excluding hydrogens is 218 g/mol. The van der Waals surface area contributed by atoms with Crippen LogP contribution in [0.2, 0.25) is 0 Å². The normalized spacial score (nSPS) is 26.7. The predicted octanol–water partition coefficient (Wildman–Crippen LogP) is 1.96. The molecule has 2 N–H and O–H groups in total. The first-order valence-electron chi connectivity index (χ1n) is 6.22.